The van der Waals surface area contributed by atoms with E-state index in [1.165, 1.54) is 0 Å². The molecule has 1 heterocycles. The lowest BCUT2D eigenvalue weighted by Crippen LogP contribution is -2.54. The molecule has 0 spiro atoms. The number of ether oxygens (including phenoxy) is 1. The van der Waals surface area contributed by atoms with Crippen molar-refractivity contribution in [2.45, 2.75) is 31.8 Å². The maximum atomic E-state index is 11.7. The quantitative estimate of drug-likeness (QED) is 0.707. The topological polar surface area (TPSA) is 64.4 Å². The summed E-state index contributed by atoms with van der Waals surface area (Å²) in [5.74, 6) is 0.124. The molecular weight excluding hydrogens is 204 g/mol. The van der Waals surface area contributed by atoms with Crippen molar-refractivity contribution in [2.75, 3.05) is 13.2 Å². The van der Waals surface area contributed by atoms with Gasteiger partial charge < -0.3 is 15.8 Å². The third kappa shape index (κ3) is 1.87. The average molecular weight is 221 g/mol. The van der Waals surface area contributed by atoms with Gasteiger partial charge in [-0.2, -0.15) is 0 Å². The second kappa shape index (κ2) is 4.04. The number of nitrogens with one attached hydrogen (secondary N) is 1. The Hall–Kier alpha value is -0.320. The van der Waals surface area contributed by atoms with Crippen molar-refractivity contribution in [1.82, 2.24) is 5.32 Å². The molecule has 4 nitrogen and oxygen atoms in total. The molecule has 0 radical (unpaired) electrons. The van der Waals surface area contributed by atoms with Gasteiger partial charge in [0.05, 0.1) is 18.6 Å². The molecule has 1 saturated carbocycles. The smallest absolute Gasteiger partial charge is 0.231 e. The minimum atomic E-state index is -0.248. The number of nitrogens with two attached hydrogens (primary N) is 1. The van der Waals surface area contributed by atoms with Crippen LogP contribution in [0.5, 0.6) is 0 Å². The van der Waals surface area contributed by atoms with E-state index in [1.807, 2.05) is 6.92 Å². The largest absolute Gasteiger partial charge is 0.379 e. The lowest BCUT2D eigenvalue weighted by molar-refractivity contribution is -0.162. The molecule has 2 rings (SSSR count). The Morgan fingerprint density at radius 2 is 2.21 bits per heavy atom. The molecule has 1 amide bonds. The number of carbonyl (C=O) groups excluding carboxylic acids is 1. The van der Waals surface area contributed by atoms with Crippen molar-refractivity contribution < 1.29 is 9.53 Å². The summed E-state index contributed by atoms with van der Waals surface area (Å²) in [4.78, 5) is 11.7. The molecule has 0 aromatic carbocycles. The van der Waals surface area contributed by atoms with Gasteiger partial charge in [0.25, 0.3) is 0 Å². The van der Waals surface area contributed by atoms with Gasteiger partial charge in [-0.25, -0.2) is 0 Å². The van der Waals surface area contributed by atoms with E-state index in [9.17, 15) is 4.79 Å². The van der Waals surface area contributed by atoms with E-state index in [4.69, 9.17) is 10.5 Å². The van der Waals surface area contributed by atoms with Gasteiger partial charge in [0.1, 0.15) is 0 Å². The second-order valence-corrected chi connectivity index (χ2v) is 4.11. The highest BCUT2D eigenvalue weighted by molar-refractivity contribution is 5.85. The predicted octanol–water partition coefficient (Wildman–Crippen LogP) is 0.0506. The Morgan fingerprint density at radius 3 is 2.50 bits per heavy atom. The van der Waals surface area contributed by atoms with Crippen LogP contribution >= 0.6 is 12.4 Å². The third-order valence-corrected chi connectivity index (χ3v) is 3.07. The first kappa shape index (κ1) is 11.8. The molecule has 0 aromatic rings. The molecule has 1 aliphatic carbocycles. The Balaban J connectivity index is 0.000000980. The van der Waals surface area contributed by atoms with Gasteiger partial charge in [-0.3, -0.25) is 4.79 Å². The molecule has 2 aliphatic rings. The lowest BCUT2D eigenvalue weighted by atomic mass is 9.82. The van der Waals surface area contributed by atoms with Crippen LogP contribution in [-0.4, -0.2) is 31.2 Å². The summed E-state index contributed by atoms with van der Waals surface area (Å²) >= 11 is 0. The Labute approximate surface area is 90.0 Å². The highest BCUT2D eigenvalue weighted by Gasteiger charge is 2.47. The first-order chi connectivity index (χ1) is 6.18. The number of carbonyl (C=O) groups is 1. The number of halogens is 1. The first-order valence-corrected chi connectivity index (χ1v) is 4.82. The van der Waals surface area contributed by atoms with Gasteiger partial charge in [0, 0.05) is 12.1 Å². The van der Waals surface area contributed by atoms with Crippen LogP contribution in [-0.2, 0) is 9.53 Å². The van der Waals surface area contributed by atoms with Crippen LogP contribution in [0, 0.1) is 5.41 Å². The molecule has 14 heavy (non-hydrogen) atoms. The van der Waals surface area contributed by atoms with E-state index in [0.29, 0.717) is 13.2 Å². The molecule has 2 unspecified atom stereocenters. The fraction of sp³-hybridized carbons (Fsp3) is 0.889. The average Bonchev–Trinajstić information content (AvgIpc) is 2.65. The number of hydrogen-bond donors (Lipinski definition) is 2. The molecule has 82 valence electrons. The van der Waals surface area contributed by atoms with Crippen molar-refractivity contribution in [3.8, 4) is 0 Å². The zero-order valence-corrected chi connectivity index (χ0v) is 9.10. The van der Waals surface area contributed by atoms with Gasteiger partial charge in [0.15, 0.2) is 0 Å². The molecule has 1 saturated heterocycles. The van der Waals surface area contributed by atoms with Crippen LogP contribution in [0.2, 0.25) is 0 Å². The van der Waals surface area contributed by atoms with Gasteiger partial charge in [-0.05, 0) is 12.8 Å². The Kier molecular flexibility index (Phi) is 3.40. The van der Waals surface area contributed by atoms with E-state index in [2.05, 4.69) is 5.32 Å². The summed E-state index contributed by atoms with van der Waals surface area (Å²) in [5.41, 5.74) is 5.37. The number of hydrogen-bond acceptors (Lipinski definition) is 3. The van der Waals surface area contributed by atoms with Crippen molar-refractivity contribution in [3.05, 3.63) is 0 Å². The molecule has 5 heteroatoms. The van der Waals surface area contributed by atoms with Crippen molar-refractivity contribution in [3.63, 3.8) is 0 Å². The standard InChI is InChI=1S/C9H16N2O2.ClH/c1-2-9(4-13-5-9)8(12)11-7-3-6(7)10;/h6-7H,2-5,10H2,1H3,(H,11,12);1H. The van der Waals surface area contributed by atoms with Crippen LogP contribution in [0.25, 0.3) is 0 Å². The van der Waals surface area contributed by atoms with Crippen LogP contribution in [0.15, 0.2) is 0 Å². The van der Waals surface area contributed by atoms with Gasteiger partial charge >= 0.3 is 0 Å². The van der Waals surface area contributed by atoms with Gasteiger partial charge in [-0.1, -0.05) is 6.92 Å². The van der Waals surface area contributed by atoms with Gasteiger partial charge in [-0.15, -0.1) is 12.4 Å². The zero-order chi connectivity index (χ0) is 9.47. The fourth-order valence-electron chi connectivity index (χ4n) is 1.55. The minimum Gasteiger partial charge on any atom is -0.379 e. The van der Waals surface area contributed by atoms with Crippen molar-refractivity contribution >= 4 is 18.3 Å². The molecule has 0 bridgehead atoms. The van der Waals surface area contributed by atoms with E-state index in [0.717, 1.165) is 12.8 Å². The maximum Gasteiger partial charge on any atom is 0.231 e. The first-order valence-electron chi connectivity index (χ1n) is 4.82. The molecule has 3 N–H and O–H groups in total. The van der Waals surface area contributed by atoms with Crippen molar-refractivity contribution in [1.29, 1.82) is 0 Å². The third-order valence-electron chi connectivity index (χ3n) is 3.07. The summed E-state index contributed by atoms with van der Waals surface area (Å²) < 4.78 is 5.09. The molecule has 0 aromatic heterocycles. The second-order valence-electron chi connectivity index (χ2n) is 4.11. The fourth-order valence-corrected chi connectivity index (χ4v) is 1.55. The predicted molar refractivity (Wildman–Crippen MR) is 55.3 cm³/mol. The number of amides is 1. The Morgan fingerprint density at radius 1 is 1.64 bits per heavy atom. The monoisotopic (exact) mass is 220 g/mol. The van der Waals surface area contributed by atoms with E-state index in [1.54, 1.807) is 0 Å². The van der Waals surface area contributed by atoms with E-state index >= 15 is 0 Å². The van der Waals surface area contributed by atoms with E-state index < -0.39 is 0 Å². The summed E-state index contributed by atoms with van der Waals surface area (Å²) in [5, 5.41) is 2.95. The lowest BCUT2D eigenvalue weighted by Gasteiger charge is -2.39. The molecular formula is C9H17ClN2O2. The Bertz CT molecular complexity index is 225. The minimum absolute atomic E-state index is 0. The van der Waals surface area contributed by atoms with Crippen molar-refractivity contribution in [2.24, 2.45) is 11.1 Å². The molecule has 2 atom stereocenters. The highest BCUT2D eigenvalue weighted by Crippen LogP contribution is 2.32. The van der Waals surface area contributed by atoms with Gasteiger partial charge in [0.2, 0.25) is 5.91 Å². The van der Waals surface area contributed by atoms with Crippen LogP contribution in [0.1, 0.15) is 19.8 Å². The highest BCUT2D eigenvalue weighted by atomic mass is 35.5. The number of rotatable bonds is 3. The summed E-state index contributed by atoms with van der Waals surface area (Å²) in [6.07, 6.45) is 1.77. The maximum absolute atomic E-state index is 11.7. The SMILES string of the molecule is CCC1(C(=O)NC2CC2N)COC1.Cl. The summed E-state index contributed by atoms with van der Waals surface area (Å²) in [7, 11) is 0. The molecule has 1 aliphatic heterocycles. The normalized spacial score (nSPS) is 32.4. The molecule has 2 fully saturated rings. The van der Waals surface area contributed by atoms with Crippen LogP contribution in [0.4, 0.5) is 0 Å². The summed E-state index contributed by atoms with van der Waals surface area (Å²) in [6, 6.07) is 0.398. The van der Waals surface area contributed by atoms with Crippen LogP contribution in [0.3, 0.4) is 0 Å². The van der Waals surface area contributed by atoms with Crippen LogP contribution < -0.4 is 11.1 Å². The zero-order valence-electron chi connectivity index (χ0n) is 8.29. The van der Waals surface area contributed by atoms with E-state index in [-0.39, 0.29) is 35.8 Å². The summed E-state index contributed by atoms with van der Waals surface area (Å²) in [6.45, 7) is 3.16.